The zero-order valence-electron chi connectivity index (χ0n) is 17.4. The highest BCUT2D eigenvalue weighted by atomic mass is 16.7. The second-order valence-corrected chi connectivity index (χ2v) is 7.55. The van der Waals surface area contributed by atoms with Crippen molar-refractivity contribution in [2.24, 2.45) is 0 Å². The summed E-state index contributed by atoms with van der Waals surface area (Å²) in [6.45, 7) is 4.32. The molecule has 0 aliphatic carbocycles. The Balaban J connectivity index is 1.34. The first-order valence-corrected chi connectivity index (χ1v) is 10.7. The van der Waals surface area contributed by atoms with E-state index in [9.17, 15) is 0 Å². The van der Waals surface area contributed by atoms with Crippen LogP contribution in [0.1, 0.15) is 54.7 Å². The van der Waals surface area contributed by atoms with E-state index < -0.39 is 0 Å². The van der Waals surface area contributed by atoms with Crippen LogP contribution in [-0.4, -0.2) is 16.8 Å². The minimum Gasteiger partial charge on any atom is -0.361 e. The van der Waals surface area contributed by atoms with E-state index in [-0.39, 0.29) is 0 Å². The van der Waals surface area contributed by atoms with Gasteiger partial charge in [-0.05, 0) is 30.9 Å². The molecule has 0 bridgehead atoms. The Kier molecular flexibility index (Phi) is 8.95. The van der Waals surface area contributed by atoms with Crippen LogP contribution < -0.4 is 0 Å². The maximum Gasteiger partial charge on any atom is 0.136 e. The molecule has 0 atom stereocenters. The maximum atomic E-state index is 6.14. The molecule has 0 N–H and O–H groups in total. The Morgan fingerprint density at radius 1 is 0.793 bits per heavy atom. The standard InChI is InChI=1S/C25H32N2O2/c1-22-19-25(29-26-22)17-11-3-2-4-12-18-28-27(20-23-13-7-5-8-14-23)21-24-15-9-6-10-16-24/h5-10,13-16,19H,2-4,11-12,17-18,20-21H2,1H3. The summed E-state index contributed by atoms with van der Waals surface area (Å²) in [6.07, 6.45) is 6.87. The van der Waals surface area contributed by atoms with E-state index in [1.807, 2.05) is 13.0 Å². The van der Waals surface area contributed by atoms with E-state index in [4.69, 9.17) is 9.36 Å². The summed E-state index contributed by atoms with van der Waals surface area (Å²) in [5, 5.41) is 6.02. The highest BCUT2D eigenvalue weighted by Crippen LogP contribution is 2.13. The van der Waals surface area contributed by atoms with Crippen LogP contribution >= 0.6 is 0 Å². The lowest BCUT2D eigenvalue weighted by molar-refractivity contribution is -0.175. The fraction of sp³-hybridized carbons (Fsp3) is 0.400. The van der Waals surface area contributed by atoms with Gasteiger partial charge < -0.3 is 4.52 Å². The first kappa shape index (κ1) is 21.3. The largest absolute Gasteiger partial charge is 0.361 e. The summed E-state index contributed by atoms with van der Waals surface area (Å²) in [4.78, 5) is 6.14. The Bertz CT molecular complexity index is 760. The van der Waals surface area contributed by atoms with Crippen LogP contribution in [0.5, 0.6) is 0 Å². The normalized spacial score (nSPS) is 11.2. The second-order valence-electron chi connectivity index (χ2n) is 7.55. The number of benzene rings is 2. The average Bonchev–Trinajstić information content (AvgIpc) is 3.16. The lowest BCUT2D eigenvalue weighted by atomic mass is 10.1. The van der Waals surface area contributed by atoms with Crippen molar-refractivity contribution in [1.29, 1.82) is 0 Å². The van der Waals surface area contributed by atoms with E-state index in [2.05, 4.69) is 70.9 Å². The molecule has 1 aromatic heterocycles. The number of rotatable bonds is 13. The Labute approximate surface area is 174 Å². The van der Waals surface area contributed by atoms with Crippen LogP contribution in [0.3, 0.4) is 0 Å². The lowest BCUT2D eigenvalue weighted by Gasteiger charge is -2.22. The summed E-state index contributed by atoms with van der Waals surface area (Å²) in [6, 6.07) is 23.1. The molecule has 3 rings (SSSR count). The number of nitrogens with zero attached hydrogens (tertiary/aromatic N) is 2. The predicted octanol–water partition coefficient (Wildman–Crippen LogP) is 6.11. The molecule has 0 unspecified atom stereocenters. The third kappa shape index (κ3) is 8.22. The summed E-state index contributed by atoms with van der Waals surface area (Å²) in [5.74, 6) is 1.00. The number of unbranched alkanes of at least 4 members (excludes halogenated alkanes) is 4. The van der Waals surface area contributed by atoms with Gasteiger partial charge in [-0.25, -0.2) is 0 Å². The third-order valence-electron chi connectivity index (χ3n) is 4.92. The first-order valence-electron chi connectivity index (χ1n) is 10.7. The molecule has 0 saturated carbocycles. The molecular formula is C25H32N2O2. The van der Waals surface area contributed by atoms with Gasteiger partial charge in [0.05, 0.1) is 12.3 Å². The molecule has 4 heteroatoms. The fourth-order valence-corrected chi connectivity index (χ4v) is 3.38. The van der Waals surface area contributed by atoms with Gasteiger partial charge in [0, 0.05) is 25.6 Å². The van der Waals surface area contributed by atoms with Gasteiger partial charge in [-0.1, -0.05) is 85.1 Å². The molecule has 0 fully saturated rings. The number of aryl methyl sites for hydroxylation is 2. The average molecular weight is 393 g/mol. The SMILES string of the molecule is Cc1cc(CCCCCCCON(Cc2ccccc2)Cc2ccccc2)on1. The predicted molar refractivity (Wildman–Crippen MR) is 116 cm³/mol. The summed E-state index contributed by atoms with van der Waals surface area (Å²) in [5.41, 5.74) is 3.50. The van der Waals surface area contributed by atoms with Crippen molar-refractivity contribution < 1.29 is 9.36 Å². The third-order valence-corrected chi connectivity index (χ3v) is 4.92. The summed E-state index contributed by atoms with van der Waals surface area (Å²) in [7, 11) is 0. The van der Waals surface area contributed by atoms with Gasteiger partial charge in [0.2, 0.25) is 0 Å². The van der Waals surface area contributed by atoms with Crippen LogP contribution in [0.4, 0.5) is 0 Å². The molecular weight excluding hydrogens is 360 g/mol. The van der Waals surface area contributed by atoms with E-state index in [0.717, 1.165) is 50.4 Å². The molecule has 0 radical (unpaired) electrons. The van der Waals surface area contributed by atoms with Crippen LogP contribution in [0.2, 0.25) is 0 Å². The first-order chi connectivity index (χ1) is 14.3. The van der Waals surface area contributed by atoms with Crippen molar-refractivity contribution in [2.75, 3.05) is 6.61 Å². The topological polar surface area (TPSA) is 38.5 Å². The van der Waals surface area contributed by atoms with Crippen molar-refractivity contribution in [1.82, 2.24) is 10.2 Å². The number of hydroxylamine groups is 2. The quantitative estimate of drug-likeness (QED) is 0.260. The molecule has 1 heterocycles. The molecule has 154 valence electrons. The van der Waals surface area contributed by atoms with E-state index in [1.54, 1.807) is 0 Å². The van der Waals surface area contributed by atoms with Crippen LogP contribution in [-0.2, 0) is 24.3 Å². The minimum absolute atomic E-state index is 0.765. The van der Waals surface area contributed by atoms with Crippen molar-refractivity contribution in [2.45, 2.75) is 58.5 Å². The highest BCUT2D eigenvalue weighted by Gasteiger charge is 2.08. The molecule has 4 nitrogen and oxygen atoms in total. The monoisotopic (exact) mass is 392 g/mol. The number of hydrogen-bond donors (Lipinski definition) is 0. The number of hydrogen-bond acceptors (Lipinski definition) is 4. The minimum atomic E-state index is 0.765. The van der Waals surface area contributed by atoms with Gasteiger partial charge in [0.1, 0.15) is 5.76 Å². The van der Waals surface area contributed by atoms with Crippen molar-refractivity contribution in [3.05, 3.63) is 89.3 Å². The molecule has 0 saturated heterocycles. The van der Waals surface area contributed by atoms with Crippen LogP contribution in [0.25, 0.3) is 0 Å². The smallest absolute Gasteiger partial charge is 0.136 e. The molecule has 0 aliphatic rings. The molecule has 0 aliphatic heterocycles. The molecule has 0 amide bonds. The van der Waals surface area contributed by atoms with Gasteiger partial charge in [0.25, 0.3) is 0 Å². The number of aromatic nitrogens is 1. The van der Waals surface area contributed by atoms with Gasteiger partial charge >= 0.3 is 0 Å². The van der Waals surface area contributed by atoms with Gasteiger partial charge in [-0.2, -0.15) is 5.06 Å². The van der Waals surface area contributed by atoms with Crippen molar-refractivity contribution >= 4 is 0 Å². The fourth-order valence-electron chi connectivity index (χ4n) is 3.38. The van der Waals surface area contributed by atoms with Crippen LogP contribution in [0, 0.1) is 6.92 Å². The molecule has 3 aromatic rings. The van der Waals surface area contributed by atoms with Crippen molar-refractivity contribution in [3.8, 4) is 0 Å². The zero-order chi connectivity index (χ0) is 20.2. The van der Waals surface area contributed by atoms with E-state index in [1.165, 1.54) is 30.4 Å². The Morgan fingerprint density at radius 2 is 1.38 bits per heavy atom. The van der Waals surface area contributed by atoms with Gasteiger partial charge in [0.15, 0.2) is 0 Å². The summed E-state index contributed by atoms with van der Waals surface area (Å²) < 4.78 is 5.26. The maximum absolute atomic E-state index is 6.14. The summed E-state index contributed by atoms with van der Waals surface area (Å²) >= 11 is 0. The highest BCUT2D eigenvalue weighted by molar-refractivity contribution is 5.16. The molecule has 29 heavy (non-hydrogen) atoms. The molecule has 2 aromatic carbocycles. The van der Waals surface area contributed by atoms with E-state index in [0.29, 0.717) is 0 Å². The Morgan fingerprint density at radius 3 is 1.97 bits per heavy atom. The zero-order valence-corrected chi connectivity index (χ0v) is 17.4. The van der Waals surface area contributed by atoms with Gasteiger partial charge in [-0.15, -0.1) is 0 Å². The van der Waals surface area contributed by atoms with Crippen molar-refractivity contribution in [3.63, 3.8) is 0 Å². The Hall–Kier alpha value is -2.43. The van der Waals surface area contributed by atoms with Gasteiger partial charge in [-0.3, -0.25) is 4.84 Å². The molecule has 0 spiro atoms. The second kappa shape index (κ2) is 12.2. The van der Waals surface area contributed by atoms with E-state index >= 15 is 0 Å². The lowest BCUT2D eigenvalue weighted by Crippen LogP contribution is -2.23. The van der Waals surface area contributed by atoms with Crippen LogP contribution in [0.15, 0.2) is 71.3 Å².